The van der Waals surface area contributed by atoms with Crippen LogP contribution in [-0.4, -0.2) is 25.5 Å². The van der Waals surface area contributed by atoms with Crippen molar-refractivity contribution in [3.8, 4) is 0 Å². The van der Waals surface area contributed by atoms with Gasteiger partial charge in [-0.3, -0.25) is 14.2 Å². The van der Waals surface area contributed by atoms with Crippen LogP contribution < -0.4 is 5.32 Å². The number of nitrogens with zero attached hydrogens (tertiary/aromatic N) is 4. The van der Waals surface area contributed by atoms with Gasteiger partial charge in [-0.15, -0.1) is 0 Å². The number of fused-ring (bicyclic) bond motifs is 1. The van der Waals surface area contributed by atoms with E-state index in [0.29, 0.717) is 29.1 Å². The summed E-state index contributed by atoms with van der Waals surface area (Å²) < 4.78 is 41.5. The molecule has 0 aliphatic carbocycles. The third-order valence-electron chi connectivity index (χ3n) is 4.02. The molecule has 1 aliphatic rings. The van der Waals surface area contributed by atoms with E-state index in [9.17, 15) is 18.0 Å². The molecule has 1 atom stereocenters. The van der Waals surface area contributed by atoms with Crippen LogP contribution in [0.5, 0.6) is 0 Å². The number of halogens is 3. The standard InChI is InChI=1S/C14H16F3N5O/c1-8-3-4-22-11(5-8)9(6-19-22)13(23)20-10-7-18-21(2)12(10)14(15,16)17/h6-8H,3-5H2,1-2H3,(H,20,23). The van der Waals surface area contributed by atoms with Gasteiger partial charge in [0, 0.05) is 13.6 Å². The van der Waals surface area contributed by atoms with Crippen molar-refractivity contribution < 1.29 is 18.0 Å². The van der Waals surface area contributed by atoms with Crippen molar-refractivity contribution >= 4 is 11.6 Å². The first-order valence-electron chi connectivity index (χ1n) is 7.22. The molecular formula is C14H16F3N5O. The van der Waals surface area contributed by atoms with Gasteiger partial charge in [-0.2, -0.15) is 23.4 Å². The number of amides is 1. The van der Waals surface area contributed by atoms with Crippen LogP contribution in [0.1, 0.15) is 35.1 Å². The summed E-state index contributed by atoms with van der Waals surface area (Å²) in [4.78, 5) is 12.4. The van der Waals surface area contributed by atoms with E-state index in [1.165, 1.54) is 13.2 Å². The zero-order valence-corrected chi connectivity index (χ0v) is 12.7. The molecule has 3 heterocycles. The number of nitrogens with one attached hydrogen (secondary N) is 1. The minimum absolute atomic E-state index is 0.313. The van der Waals surface area contributed by atoms with Crippen molar-refractivity contribution in [3.05, 3.63) is 29.3 Å². The van der Waals surface area contributed by atoms with Gasteiger partial charge in [0.2, 0.25) is 0 Å². The molecule has 124 valence electrons. The van der Waals surface area contributed by atoms with Gasteiger partial charge in [0.05, 0.1) is 29.3 Å². The Labute approximate surface area is 130 Å². The van der Waals surface area contributed by atoms with E-state index in [2.05, 4.69) is 22.4 Å². The number of hydrogen-bond acceptors (Lipinski definition) is 3. The van der Waals surface area contributed by atoms with Crippen LogP contribution in [0.4, 0.5) is 18.9 Å². The van der Waals surface area contributed by atoms with Crippen LogP contribution in [0.25, 0.3) is 0 Å². The molecule has 0 bridgehead atoms. The predicted molar refractivity (Wildman–Crippen MR) is 75.9 cm³/mol. The van der Waals surface area contributed by atoms with E-state index < -0.39 is 17.8 Å². The molecule has 0 radical (unpaired) electrons. The smallest absolute Gasteiger partial charge is 0.319 e. The highest BCUT2D eigenvalue weighted by Gasteiger charge is 2.38. The Balaban J connectivity index is 1.88. The van der Waals surface area contributed by atoms with Crippen LogP contribution in [0.3, 0.4) is 0 Å². The Morgan fingerprint density at radius 3 is 2.78 bits per heavy atom. The molecule has 0 fully saturated rings. The number of carbonyl (C=O) groups is 1. The van der Waals surface area contributed by atoms with Crippen molar-refractivity contribution in [3.63, 3.8) is 0 Å². The number of aromatic nitrogens is 4. The second-order valence-corrected chi connectivity index (χ2v) is 5.81. The largest absolute Gasteiger partial charge is 0.435 e. The molecule has 1 amide bonds. The van der Waals surface area contributed by atoms with Gasteiger partial charge in [0.1, 0.15) is 0 Å². The second-order valence-electron chi connectivity index (χ2n) is 5.81. The molecule has 3 rings (SSSR count). The summed E-state index contributed by atoms with van der Waals surface area (Å²) in [5.41, 5.74) is -0.263. The first-order valence-corrected chi connectivity index (χ1v) is 7.22. The summed E-state index contributed by atoms with van der Waals surface area (Å²) in [6.07, 6.45) is -0.537. The van der Waals surface area contributed by atoms with Crippen LogP contribution in [0, 0.1) is 5.92 Å². The number of hydrogen-bond donors (Lipinski definition) is 1. The average Bonchev–Trinajstić information content (AvgIpc) is 3.01. The predicted octanol–water partition coefficient (Wildman–Crippen LogP) is 2.47. The summed E-state index contributed by atoms with van der Waals surface area (Å²) in [6.45, 7) is 2.78. The Morgan fingerprint density at radius 1 is 1.35 bits per heavy atom. The Hall–Kier alpha value is -2.32. The van der Waals surface area contributed by atoms with E-state index in [1.807, 2.05) is 0 Å². The lowest BCUT2D eigenvalue weighted by atomic mass is 9.96. The molecule has 1 aliphatic heterocycles. The monoisotopic (exact) mass is 327 g/mol. The topological polar surface area (TPSA) is 64.7 Å². The Morgan fingerprint density at radius 2 is 2.09 bits per heavy atom. The van der Waals surface area contributed by atoms with Crippen molar-refractivity contribution in [1.82, 2.24) is 19.6 Å². The van der Waals surface area contributed by atoms with Crippen LogP contribution in [-0.2, 0) is 26.2 Å². The molecule has 0 aromatic carbocycles. The van der Waals surface area contributed by atoms with Gasteiger partial charge in [0.25, 0.3) is 5.91 Å². The third-order valence-corrected chi connectivity index (χ3v) is 4.02. The lowest BCUT2D eigenvalue weighted by Gasteiger charge is -2.20. The maximum Gasteiger partial charge on any atom is 0.435 e. The Kier molecular flexibility index (Phi) is 3.65. The first-order chi connectivity index (χ1) is 10.8. The molecule has 2 aromatic heterocycles. The first kappa shape index (κ1) is 15.6. The maximum atomic E-state index is 13.0. The molecule has 0 saturated heterocycles. The highest BCUT2D eigenvalue weighted by Crippen LogP contribution is 2.34. The van der Waals surface area contributed by atoms with E-state index in [1.54, 1.807) is 4.68 Å². The fourth-order valence-electron chi connectivity index (χ4n) is 2.84. The molecule has 1 N–H and O–H groups in total. The molecule has 0 saturated carbocycles. The lowest BCUT2D eigenvalue weighted by molar-refractivity contribution is -0.143. The van der Waals surface area contributed by atoms with Gasteiger partial charge < -0.3 is 5.32 Å². The normalized spacial score (nSPS) is 17.9. The number of anilines is 1. The van der Waals surface area contributed by atoms with Gasteiger partial charge in [0.15, 0.2) is 5.69 Å². The number of alkyl halides is 3. The minimum atomic E-state index is -4.60. The van der Waals surface area contributed by atoms with Gasteiger partial charge in [-0.05, 0) is 18.8 Å². The molecule has 0 spiro atoms. The second kappa shape index (κ2) is 5.39. The molecule has 1 unspecified atom stereocenters. The zero-order chi connectivity index (χ0) is 16.8. The molecule has 23 heavy (non-hydrogen) atoms. The van der Waals surface area contributed by atoms with Crippen molar-refractivity contribution in [2.75, 3.05) is 5.32 Å². The average molecular weight is 327 g/mol. The quantitative estimate of drug-likeness (QED) is 0.921. The fourth-order valence-corrected chi connectivity index (χ4v) is 2.84. The van der Waals surface area contributed by atoms with E-state index in [0.717, 1.165) is 18.3 Å². The van der Waals surface area contributed by atoms with Crippen LogP contribution in [0.15, 0.2) is 12.4 Å². The van der Waals surface area contributed by atoms with E-state index in [4.69, 9.17) is 0 Å². The maximum absolute atomic E-state index is 13.0. The summed E-state index contributed by atoms with van der Waals surface area (Å²) in [5.74, 6) is -0.186. The summed E-state index contributed by atoms with van der Waals surface area (Å²) in [6, 6.07) is 0. The lowest BCUT2D eigenvalue weighted by Crippen LogP contribution is -2.22. The number of carbonyl (C=O) groups excluding carboxylic acids is 1. The SMILES string of the molecule is CC1CCn2ncc(C(=O)Nc3cnn(C)c3C(F)(F)F)c2C1. The fraction of sp³-hybridized carbons (Fsp3) is 0.500. The van der Waals surface area contributed by atoms with Crippen LogP contribution >= 0.6 is 0 Å². The highest BCUT2D eigenvalue weighted by atomic mass is 19.4. The molecule has 6 nitrogen and oxygen atoms in total. The van der Waals surface area contributed by atoms with Gasteiger partial charge in [-0.1, -0.05) is 6.92 Å². The summed E-state index contributed by atoms with van der Waals surface area (Å²) in [5, 5.41) is 10.0. The van der Waals surface area contributed by atoms with E-state index in [-0.39, 0.29) is 5.69 Å². The zero-order valence-electron chi connectivity index (χ0n) is 12.7. The molecule has 9 heteroatoms. The van der Waals surface area contributed by atoms with Crippen molar-refractivity contribution in [2.45, 2.75) is 32.5 Å². The number of aryl methyl sites for hydroxylation is 2. The molecule has 2 aromatic rings. The summed E-state index contributed by atoms with van der Waals surface area (Å²) >= 11 is 0. The summed E-state index contributed by atoms with van der Waals surface area (Å²) in [7, 11) is 1.18. The van der Waals surface area contributed by atoms with Gasteiger partial charge in [-0.25, -0.2) is 0 Å². The van der Waals surface area contributed by atoms with Crippen LogP contribution in [0.2, 0.25) is 0 Å². The third kappa shape index (κ3) is 2.82. The van der Waals surface area contributed by atoms with Crippen molar-refractivity contribution in [1.29, 1.82) is 0 Å². The van der Waals surface area contributed by atoms with Crippen molar-refractivity contribution in [2.24, 2.45) is 13.0 Å². The molecular weight excluding hydrogens is 311 g/mol. The van der Waals surface area contributed by atoms with E-state index >= 15 is 0 Å². The van der Waals surface area contributed by atoms with Gasteiger partial charge >= 0.3 is 6.18 Å². The minimum Gasteiger partial charge on any atom is -0.319 e. The highest BCUT2D eigenvalue weighted by molar-refractivity contribution is 6.05. The Bertz CT molecular complexity index is 746. The number of rotatable bonds is 2.